The van der Waals surface area contributed by atoms with Crippen molar-refractivity contribution in [2.24, 2.45) is 10.4 Å². The van der Waals surface area contributed by atoms with Gasteiger partial charge in [-0.2, -0.15) is 10.2 Å². The minimum Gasteiger partial charge on any atom is -0.348 e. The minimum atomic E-state index is -0.656. The van der Waals surface area contributed by atoms with Crippen LogP contribution in [0, 0.1) is 17.0 Å². The number of carbonyl (C=O) groups is 1. The number of hydrogen-bond acceptors (Lipinski definition) is 4. The average molecular weight is 412 g/mol. The van der Waals surface area contributed by atoms with Crippen molar-refractivity contribution >= 4 is 11.6 Å². The van der Waals surface area contributed by atoms with E-state index in [1.165, 1.54) is 18.2 Å². The predicted molar refractivity (Wildman–Crippen MR) is 111 cm³/mol. The molecule has 0 saturated heterocycles. The van der Waals surface area contributed by atoms with Crippen LogP contribution in [0.3, 0.4) is 0 Å². The van der Waals surface area contributed by atoms with Crippen LogP contribution in [0.4, 0.5) is 8.78 Å². The van der Waals surface area contributed by atoms with Gasteiger partial charge in [-0.25, -0.2) is 8.78 Å². The summed E-state index contributed by atoms with van der Waals surface area (Å²) in [5, 5.41) is 11.8. The van der Waals surface area contributed by atoms with Gasteiger partial charge >= 0.3 is 0 Å². The van der Waals surface area contributed by atoms with Crippen LogP contribution in [0.5, 0.6) is 0 Å². The van der Waals surface area contributed by atoms with Crippen LogP contribution in [0.25, 0.3) is 11.3 Å². The zero-order valence-electron chi connectivity index (χ0n) is 17.9. The Bertz CT molecular complexity index is 1040. The van der Waals surface area contributed by atoms with E-state index >= 15 is 0 Å². The van der Waals surface area contributed by atoms with Crippen molar-refractivity contribution < 1.29 is 13.6 Å². The fourth-order valence-electron chi connectivity index (χ4n) is 5.72. The number of nitrogens with one attached hydrogen (secondary N) is 1. The first-order valence-electron chi connectivity index (χ1n) is 10.2. The molecule has 2 aliphatic rings. The third-order valence-electron chi connectivity index (χ3n) is 7.44. The van der Waals surface area contributed by atoms with E-state index in [9.17, 15) is 13.6 Å². The van der Waals surface area contributed by atoms with Crippen LogP contribution >= 0.6 is 0 Å². The molecule has 0 aliphatic heterocycles. The highest BCUT2D eigenvalue weighted by atomic mass is 19.1. The SMILES string of the molecule is CN=C(C)C(=O)N[C@@H](C)[C@@]12CC[C@@H](c3cc(-c4c(F)cccc4F)nnc31)C2(C)C. The molecular formula is C23H26F2N4O. The van der Waals surface area contributed by atoms with Crippen LogP contribution < -0.4 is 5.32 Å². The molecule has 5 nitrogen and oxygen atoms in total. The van der Waals surface area contributed by atoms with E-state index in [4.69, 9.17) is 0 Å². The van der Waals surface area contributed by atoms with Gasteiger partial charge in [0.1, 0.15) is 11.6 Å². The highest BCUT2D eigenvalue weighted by molar-refractivity contribution is 6.37. The summed E-state index contributed by atoms with van der Waals surface area (Å²) in [4.78, 5) is 16.5. The molecular weight excluding hydrogens is 386 g/mol. The summed E-state index contributed by atoms with van der Waals surface area (Å²) in [6.45, 7) is 8.03. The summed E-state index contributed by atoms with van der Waals surface area (Å²) in [7, 11) is 1.59. The Kier molecular flexibility index (Phi) is 4.75. The zero-order valence-corrected chi connectivity index (χ0v) is 17.9. The van der Waals surface area contributed by atoms with Gasteiger partial charge in [-0.15, -0.1) is 0 Å². The lowest BCUT2D eigenvalue weighted by Crippen LogP contribution is -2.54. The summed E-state index contributed by atoms with van der Waals surface area (Å²) in [5.74, 6) is -1.34. The number of carbonyl (C=O) groups excluding carboxylic acids is 1. The molecule has 0 spiro atoms. The number of hydrogen-bond donors (Lipinski definition) is 1. The van der Waals surface area contributed by atoms with Crippen molar-refractivity contribution in [2.75, 3.05) is 7.05 Å². The number of halogens is 2. The van der Waals surface area contributed by atoms with Gasteiger partial charge in [0.25, 0.3) is 5.91 Å². The Morgan fingerprint density at radius 3 is 2.57 bits per heavy atom. The van der Waals surface area contributed by atoms with Gasteiger partial charge < -0.3 is 5.32 Å². The number of rotatable bonds is 4. The van der Waals surface area contributed by atoms with Gasteiger partial charge in [-0.3, -0.25) is 9.79 Å². The van der Waals surface area contributed by atoms with Crippen LogP contribution in [0.15, 0.2) is 29.3 Å². The average Bonchev–Trinajstić information content (AvgIpc) is 3.08. The van der Waals surface area contributed by atoms with Crippen molar-refractivity contribution in [1.82, 2.24) is 15.5 Å². The molecule has 1 aromatic heterocycles. The van der Waals surface area contributed by atoms with E-state index in [1.54, 1.807) is 20.0 Å². The summed E-state index contributed by atoms with van der Waals surface area (Å²) in [5.41, 5.74) is 1.66. The molecule has 4 rings (SSSR count). The lowest BCUT2D eigenvalue weighted by atomic mass is 9.64. The maximum Gasteiger partial charge on any atom is 0.265 e. The quantitative estimate of drug-likeness (QED) is 0.767. The van der Waals surface area contributed by atoms with Crippen LogP contribution in [-0.4, -0.2) is 34.9 Å². The van der Waals surface area contributed by atoms with E-state index in [0.29, 0.717) is 5.71 Å². The topological polar surface area (TPSA) is 67.2 Å². The van der Waals surface area contributed by atoms with Crippen LogP contribution in [0.1, 0.15) is 57.7 Å². The maximum absolute atomic E-state index is 14.3. The Labute approximate surface area is 175 Å². The van der Waals surface area contributed by atoms with Gasteiger partial charge in [0.15, 0.2) is 0 Å². The largest absolute Gasteiger partial charge is 0.348 e. The van der Waals surface area contributed by atoms with Crippen molar-refractivity contribution in [1.29, 1.82) is 0 Å². The molecule has 30 heavy (non-hydrogen) atoms. The molecule has 1 N–H and O–H groups in total. The van der Waals surface area contributed by atoms with E-state index in [-0.39, 0.29) is 34.5 Å². The van der Waals surface area contributed by atoms with Crippen molar-refractivity contribution in [3.63, 3.8) is 0 Å². The predicted octanol–water partition coefficient (Wildman–Crippen LogP) is 4.17. The highest BCUT2D eigenvalue weighted by Crippen LogP contribution is 2.68. The van der Waals surface area contributed by atoms with Gasteiger partial charge in [-0.05, 0) is 61.8 Å². The minimum absolute atomic E-state index is 0.154. The molecule has 2 aromatic rings. The Morgan fingerprint density at radius 2 is 1.93 bits per heavy atom. The van der Waals surface area contributed by atoms with Gasteiger partial charge in [0.05, 0.1) is 22.7 Å². The van der Waals surface area contributed by atoms with Crippen molar-refractivity contribution in [2.45, 2.75) is 57.9 Å². The molecule has 158 valence electrons. The standard InChI is InChI=1S/C23H26F2N4O/c1-12(26-5)21(30)27-13(2)23-10-9-15(22(23,3)4)14-11-18(28-29-20(14)23)19-16(24)7-6-8-17(19)25/h6-8,11,13,15H,9-10H2,1-5H3,(H,27,30)/t13-,15-,23-/m0/s1. The summed E-state index contributed by atoms with van der Waals surface area (Å²) in [6.07, 6.45) is 1.79. The second-order valence-electron chi connectivity index (χ2n) is 8.92. The number of nitrogens with zero attached hydrogens (tertiary/aromatic N) is 3. The molecule has 0 unspecified atom stereocenters. The van der Waals surface area contributed by atoms with Gasteiger partial charge in [0, 0.05) is 18.5 Å². The van der Waals surface area contributed by atoms with E-state index < -0.39 is 17.0 Å². The molecule has 1 amide bonds. The highest BCUT2D eigenvalue weighted by Gasteiger charge is 2.65. The molecule has 1 fully saturated rings. The number of fused-ring (bicyclic) bond motifs is 5. The molecule has 3 atom stereocenters. The third kappa shape index (κ3) is 2.63. The first-order chi connectivity index (χ1) is 14.1. The molecule has 1 heterocycles. The first kappa shape index (κ1) is 20.6. The van der Waals surface area contributed by atoms with Crippen molar-refractivity contribution in [3.05, 3.63) is 47.2 Å². The van der Waals surface area contributed by atoms with Crippen molar-refractivity contribution in [3.8, 4) is 11.3 Å². The first-order valence-corrected chi connectivity index (χ1v) is 10.2. The smallest absolute Gasteiger partial charge is 0.265 e. The van der Waals surface area contributed by atoms with E-state index in [2.05, 4.69) is 34.4 Å². The molecule has 1 saturated carbocycles. The molecule has 2 aliphatic carbocycles. The Hall–Kier alpha value is -2.70. The number of aliphatic imine (C=N–C) groups is 1. The Morgan fingerprint density at radius 1 is 1.27 bits per heavy atom. The number of aromatic nitrogens is 2. The third-order valence-corrected chi connectivity index (χ3v) is 7.44. The Balaban J connectivity index is 1.81. The zero-order chi connectivity index (χ0) is 21.8. The number of benzene rings is 1. The molecule has 7 heteroatoms. The van der Waals surface area contributed by atoms with Gasteiger partial charge in [-0.1, -0.05) is 19.9 Å². The maximum atomic E-state index is 14.3. The molecule has 1 aromatic carbocycles. The second kappa shape index (κ2) is 6.93. The lowest BCUT2D eigenvalue weighted by Gasteiger charge is -2.43. The monoisotopic (exact) mass is 412 g/mol. The second-order valence-corrected chi connectivity index (χ2v) is 8.92. The fourth-order valence-corrected chi connectivity index (χ4v) is 5.72. The van der Waals surface area contributed by atoms with Gasteiger partial charge in [0.2, 0.25) is 0 Å². The number of amides is 1. The summed E-state index contributed by atoms with van der Waals surface area (Å²) < 4.78 is 28.6. The summed E-state index contributed by atoms with van der Waals surface area (Å²) in [6, 6.07) is 5.36. The lowest BCUT2D eigenvalue weighted by molar-refractivity contribution is -0.116. The van der Waals surface area contributed by atoms with E-state index in [0.717, 1.165) is 24.1 Å². The molecule has 0 radical (unpaired) electrons. The van der Waals surface area contributed by atoms with E-state index in [1.807, 2.05) is 6.92 Å². The summed E-state index contributed by atoms with van der Waals surface area (Å²) >= 11 is 0. The van der Waals surface area contributed by atoms with Crippen LogP contribution in [-0.2, 0) is 10.2 Å². The molecule has 2 bridgehead atoms. The normalized spacial score (nSPS) is 25.2. The van der Waals surface area contributed by atoms with Crippen LogP contribution in [0.2, 0.25) is 0 Å². The fraction of sp³-hybridized carbons (Fsp3) is 0.478.